The minimum Gasteiger partial charge on any atom is -0.481 e. The summed E-state index contributed by atoms with van der Waals surface area (Å²) >= 11 is 0. The van der Waals surface area contributed by atoms with Crippen LogP contribution in [0.3, 0.4) is 0 Å². The molecule has 0 spiro atoms. The molecule has 25 heavy (non-hydrogen) atoms. The van der Waals surface area contributed by atoms with Gasteiger partial charge in [0.25, 0.3) is 0 Å². The number of likely N-dealkylation sites (tertiary alicyclic amines) is 1. The molecule has 3 rings (SSSR count). The number of aromatic nitrogens is 3. The number of rotatable bonds is 4. The number of urea groups is 1. The van der Waals surface area contributed by atoms with Gasteiger partial charge in [-0.1, -0.05) is 25.1 Å². The highest BCUT2D eigenvalue weighted by Gasteiger charge is 2.31. The van der Waals surface area contributed by atoms with Crippen molar-refractivity contribution in [3.05, 3.63) is 42.5 Å². The molecule has 2 aromatic rings. The number of carbonyl (C=O) groups is 2. The second kappa shape index (κ2) is 7.33. The zero-order valence-corrected chi connectivity index (χ0v) is 14.0. The van der Waals surface area contributed by atoms with E-state index in [4.69, 9.17) is 0 Å². The van der Waals surface area contributed by atoms with Gasteiger partial charge in [0, 0.05) is 18.8 Å². The quantitative estimate of drug-likeness (QED) is 0.877. The van der Waals surface area contributed by atoms with Gasteiger partial charge in [0.2, 0.25) is 0 Å². The first-order valence-electron chi connectivity index (χ1n) is 8.24. The van der Waals surface area contributed by atoms with E-state index in [-0.39, 0.29) is 25.0 Å². The number of hydrogen-bond acceptors (Lipinski definition) is 4. The van der Waals surface area contributed by atoms with E-state index in [1.807, 2.05) is 37.3 Å². The van der Waals surface area contributed by atoms with E-state index in [2.05, 4.69) is 15.5 Å². The average molecular weight is 343 g/mol. The maximum Gasteiger partial charge on any atom is 0.317 e. The molecule has 1 fully saturated rings. The fraction of sp³-hybridized carbons (Fsp3) is 0.412. The molecule has 1 aliphatic rings. The fourth-order valence-electron chi connectivity index (χ4n) is 3.15. The van der Waals surface area contributed by atoms with Crippen LogP contribution in [0.15, 0.2) is 36.7 Å². The summed E-state index contributed by atoms with van der Waals surface area (Å²) in [7, 11) is 0. The molecule has 2 unspecified atom stereocenters. The minimum atomic E-state index is -0.854. The first kappa shape index (κ1) is 16.9. The molecule has 1 aromatic heterocycles. The largest absolute Gasteiger partial charge is 0.481 e. The summed E-state index contributed by atoms with van der Waals surface area (Å²) in [4.78, 5) is 25.2. The van der Waals surface area contributed by atoms with Crippen LogP contribution in [0.2, 0.25) is 0 Å². The van der Waals surface area contributed by atoms with E-state index < -0.39 is 11.9 Å². The van der Waals surface area contributed by atoms with Crippen LogP contribution in [-0.2, 0) is 11.3 Å². The Balaban J connectivity index is 1.63. The SMILES string of the molecule is CC1CC(C(=O)O)CN(C(=O)NCc2nncn2-c2ccccc2)C1. The summed E-state index contributed by atoms with van der Waals surface area (Å²) in [6, 6.07) is 9.33. The van der Waals surface area contributed by atoms with Crippen LogP contribution in [0.25, 0.3) is 5.69 Å². The van der Waals surface area contributed by atoms with Crippen molar-refractivity contribution < 1.29 is 14.7 Å². The van der Waals surface area contributed by atoms with Crippen LogP contribution in [0.5, 0.6) is 0 Å². The van der Waals surface area contributed by atoms with Crippen molar-refractivity contribution in [1.82, 2.24) is 25.0 Å². The number of amides is 2. The summed E-state index contributed by atoms with van der Waals surface area (Å²) < 4.78 is 1.80. The molecule has 2 heterocycles. The first-order chi connectivity index (χ1) is 12.0. The van der Waals surface area contributed by atoms with Gasteiger partial charge in [-0.05, 0) is 24.5 Å². The third-order valence-corrected chi connectivity index (χ3v) is 4.35. The van der Waals surface area contributed by atoms with E-state index in [0.717, 1.165) is 5.69 Å². The number of carbonyl (C=O) groups excluding carboxylic acids is 1. The zero-order chi connectivity index (χ0) is 17.8. The Labute approximate surface area is 145 Å². The van der Waals surface area contributed by atoms with Gasteiger partial charge in [0.05, 0.1) is 12.5 Å². The van der Waals surface area contributed by atoms with Crippen LogP contribution in [0, 0.1) is 11.8 Å². The second-order valence-electron chi connectivity index (χ2n) is 6.39. The zero-order valence-electron chi connectivity index (χ0n) is 14.0. The molecule has 0 saturated carbocycles. The fourth-order valence-corrected chi connectivity index (χ4v) is 3.15. The normalized spacial score (nSPS) is 20.3. The Morgan fingerprint density at radius 2 is 2.04 bits per heavy atom. The van der Waals surface area contributed by atoms with Gasteiger partial charge in [-0.25, -0.2) is 4.79 Å². The Hall–Kier alpha value is -2.90. The smallest absolute Gasteiger partial charge is 0.317 e. The lowest BCUT2D eigenvalue weighted by atomic mass is 9.91. The van der Waals surface area contributed by atoms with Crippen molar-refractivity contribution in [1.29, 1.82) is 0 Å². The predicted molar refractivity (Wildman–Crippen MR) is 90.1 cm³/mol. The molecule has 1 aromatic carbocycles. The number of carboxylic acid groups (broad SMARTS) is 1. The molecule has 0 aliphatic carbocycles. The molecular weight excluding hydrogens is 322 g/mol. The van der Waals surface area contributed by atoms with Crippen LogP contribution in [0.1, 0.15) is 19.2 Å². The lowest BCUT2D eigenvalue weighted by Crippen LogP contribution is -2.49. The third-order valence-electron chi connectivity index (χ3n) is 4.35. The lowest BCUT2D eigenvalue weighted by molar-refractivity contribution is -0.143. The lowest BCUT2D eigenvalue weighted by Gasteiger charge is -2.34. The number of benzene rings is 1. The van der Waals surface area contributed by atoms with Crippen molar-refractivity contribution in [2.75, 3.05) is 13.1 Å². The number of nitrogens with zero attached hydrogens (tertiary/aromatic N) is 4. The Kier molecular flexibility index (Phi) is 4.97. The molecule has 2 amide bonds. The van der Waals surface area contributed by atoms with E-state index in [9.17, 15) is 14.7 Å². The standard InChI is InChI=1S/C17H21N5O3/c1-12-7-13(16(23)24)10-21(9-12)17(25)18-8-15-20-19-11-22(15)14-5-3-2-4-6-14/h2-6,11-13H,7-10H2,1H3,(H,18,25)(H,23,24). The van der Waals surface area contributed by atoms with Crippen LogP contribution < -0.4 is 5.32 Å². The summed E-state index contributed by atoms with van der Waals surface area (Å²) in [5.41, 5.74) is 0.911. The molecule has 132 valence electrons. The van der Waals surface area contributed by atoms with Gasteiger partial charge in [-0.3, -0.25) is 9.36 Å². The summed E-state index contributed by atoms with van der Waals surface area (Å²) in [6.07, 6.45) is 2.20. The monoisotopic (exact) mass is 343 g/mol. The topological polar surface area (TPSA) is 100 Å². The molecule has 8 nitrogen and oxygen atoms in total. The number of carboxylic acids is 1. The van der Waals surface area contributed by atoms with Crippen molar-refractivity contribution in [2.24, 2.45) is 11.8 Å². The molecule has 0 bridgehead atoms. The second-order valence-corrected chi connectivity index (χ2v) is 6.39. The van der Waals surface area contributed by atoms with Crippen molar-refractivity contribution in [2.45, 2.75) is 19.9 Å². The highest BCUT2D eigenvalue weighted by Crippen LogP contribution is 2.21. The summed E-state index contributed by atoms with van der Waals surface area (Å²) in [6.45, 7) is 2.97. The highest BCUT2D eigenvalue weighted by atomic mass is 16.4. The van der Waals surface area contributed by atoms with Crippen LogP contribution in [0.4, 0.5) is 4.79 Å². The maximum absolute atomic E-state index is 12.4. The molecule has 1 aliphatic heterocycles. The van der Waals surface area contributed by atoms with E-state index in [1.165, 1.54) is 0 Å². The average Bonchev–Trinajstić information content (AvgIpc) is 3.08. The van der Waals surface area contributed by atoms with Gasteiger partial charge >= 0.3 is 12.0 Å². The molecular formula is C17H21N5O3. The van der Waals surface area contributed by atoms with E-state index in [1.54, 1.807) is 15.8 Å². The molecule has 2 N–H and O–H groups in total. The number of nitrogens with one attached hydrogen (secondary N) is 1. The molecule has 2 atom stereocenters. The van der Waals surface area contributed by atoms with Crippen LogP contribution in [-0.4, -0.2) is 49.9 Å². The predicted octanol–water partition coefficient (Wildman–Crippen LogP) is 1.52. The Morgan fingerprint density at radius 3 is 2.76 bits per heavy atom. The third kappa shape index (κ3) is 3.96. The van der Waals surface area contributed by atoms with Crippen molar-refractivity contribution >= 4 is 12.0 Å². The van der Waals surface area contributed by atoms with E-state index in [0.29, 0.717) is 18.8 Å². The summed E-state index contributed by atoms with van der Waals surface area (Å²) in [5, 5.41) is 20.0. The highest BCUT2D eigenvalue weighted by molar-refractivity contribution is 5.76. The molecule has 8 heteroatoms. The van der Waals surface area contributed by atoms with Gasteiger partial charge in [0.1, 0.15) is 6.33 Å². The molecule has 0 radical (unpaired) electrons. The van der Waals surface area contributed by atoms with Crippen LogP contribution >= 0.6 is 0 Å². The van der Waals surface area contributed by atoms with Gasteiger partial charge in [0.15, 0.2) is 5.82 Å². The van der Waals surface area contributed by atoms with Crippen molar-refractivity contribution in [3.8, 4) is 5.69 Å². The van der Waals surface area contributed by atoms with E-state index >= 15 is 0 Å². The Bertz CT molecular complexity index is 746. The number of aliphatic carboxylic acids is 1. The van der Waals surface area contributed by atoms with Crippen molar-refractivity contribution in [3.63, 3.8) is 0 Å². The first-order valence-corrected chi connectivity index (χ1v) is 8.24. The van der Waals surface area contributed by atoms with Gasteiger partial charge in [-0.15, -0.1) is 10.2 Å². The maximum atomic E-state index is 12.4. The number of para-hydroxylation sites is 1. The van der Waals surface area contributed by atoms with Gasteiger partial charge in [-0.2, -0.15) is 0 Å². The Morgan fingerprint density at radius 1 is 1.28 bits per heavy atom. The number of piperidine rings is 1. The van der Waals surface area contributed by atoms with Gasteiger partial charge < -0.3 is 15.3 Å². The minimum absolute atomic E-state index is 0.161. The molecule has 1 saturated heterocycles. The number of hydrogen-bond donors (Lipinski definition) is 2. The summed E-state index contributed by atoms with van der Waals surface area (Å²) in [5.74, 6) is -0.594.